The van der Waals surface area contributed by atoms with Gasteiger partial charge in [0, 0.05) is 6.54 Å². The lowest BCUT2D eigenvalue weighted by molar-refractivity contribution is 0.647. The third-order valence-corrected chi connectivity index (χ3v) is 1.25. The van der Waals surface area contributed by atoms with Crippen molar-refractivity contribution < 1.29 is 4.89 Å². The van der Waals surface area contributed by atoms with Gasteiger partial charge >= 0.3 is 0 Å². The zero-order chi connectivity index (χ0) is 10.5. The summed E-state index contributed by atoms with van der Waals surface area (Å²) in [4.78, 5) is 7.84. The molecule has 0 aliphatic heterocycles. The van der Waals surface area contributed by atoms with Gasteiger partial charge in [0.05, 0.1) is 0 Å². The predicted molar refractivity (Wildman–Crippen MR) is 69.5 cm³/mol. The maximum Gasteiger partial charge on any atom is 0.101 e. The molecule has 0 aromatic carbocycles. The van der Waals surface area contributed by atoms with E-state index in [1.54, 1.807) is 0 Å². The first-order valence-electron chi connectivity index (χ1n) is 4.38. The monoisotopic (exact) mass is 241 g/mol. The van der Waals surface area contributed by atoms with Crippen LogP contribution in [0.2, 0.25) is 0 Å². The molecule has 0 spiro atoms. The lowest BCUT2D eigenvalue weighted by atomic mass is 10.2. The fourth-order valence-corrected chi connectivity index (χ4v) is 0.704. The maximum absolute atomic E-state index is 7.84. The molecular weight excluding hydrogens is 221 g/mol. The summed E-state index contributed by atoms with van der Waals surface area (Å²) in [6, 6.07) is 0. The molecule has 0 aliphatic rings. The van der Waals surface area contributed by atoms with Crippen molar-refractivity contribution in [1.29, 1.82) is 0 Å². The Hall–Kier alpha value is 0.660. The van der Waals surface area contributed by atoms with E-state index >= 15 is 0 Å². The largest absolute Gasteiger partial charge is 0.359 e. The predicted octanol–water partition coefficient (Wildman–Crippen LogP) is 2.37. The average Bonchev–Trinajstić information content (AvgIpc) is 2.03. The Morgan fingerprint density at radius 2 is 2.15 bits per heavy atom. The van der Waals surface area contributed by atoms with Crippen LogP contribution in [0.4, 0.5) is 0 Å². The first-order valence-corrected chi connectivity index (χ1v) is 8.25. The Labute approximate surface area is 92.5 Å². The molecule has 0 saturated heterocycles. The molecule has 0 amide bonds. The van der Waals surface area contributed by atoms with Gasteiger partial charge in [-0.2, -0.15) is 0 Å². The molecule has 5 heteroatoms. The molecule has 0 bridgehead atoms. The summed E-state index contributed by atoms with van der Waals surface area (Å²) in [5, 5.41) is 3.25. The summed E-state index contributed by atoms with van der Waals surface area (Å²) in [6.07, 6.45) is 4.23. The minimum atomic E-state index is -1.60. The third-order valence-electron chi connectivity index (χ3n) is 1.25. The van der Waals surface area contributed by atoms with Crippen molar-refractivity contribution in [1.82, 2.24) is 5.32 Å². The zero-order valence-corrected chi connectivity index (χ0v) is 10.8. The van der Waals surface area contributed by atoms with Crippen molar-refractivity contribution in [2.24, 2.45) is 0 Å². The van der Waals surface area contributed by atoms with E-state index in [1.165, 1.54) is 19.3 Å². The van der Waals surface area contributed by atoms with Crippen molar-refractivity contribution in [2.75, 3.05) is 13.1 Å². The van der Waals surface area contributed by atoms with Crippen LogP contribution in [0.15, 0.2) is 12.7 Å². The maximum atomic E-state index is 7.84. The molecular formula is C8H20NOPS2. The number of nitrogens with one attached hydrogen (secondary N) is 1. The molecule has 0 rings (SSSR count). The van der Waals surface area contributed by atoms with Gasteiger partial charge in [-0.25, -0.2) is 0 Å². The van der Waals surface area contributed by atoms with E-state index in [-0.39, 0.29) is 0 Å². The van der Waals surface area contributed by atoms with Gasteiger partial charge in [0.2, 0.25) is 0 Å². The normalized spacial score (nSPS) is 11.3. The molecule has 2 N–H and O–H groups in total. The second kappa shape index (κ2) is 15.1. The zero-order valence-electron chi connectivity index (χ0n) is 8.12. The smallest absolute Gasteiger partial charge is 0.101 e. The number of unbranched alkanes of at least 4 members (excludes halogenated alkanes) is 2. The number of hydrogen-bond donors (Lipinski definition) is 3. The van der Waals surface area contributed by atoms with Crippen molar-refractivity contribution in [3.05, 3.63) is 12.7 Å². The van der Waals surface area contributed by atoms with E-state index < -0.39 is 6.13 Å². The lowest BCUT2D eigenvalue weighted by Crippen LogP contribution is -2.14. The van der Waals surface area contributed by atoms with Crippen LogP contribution in [0, 0.1) is 0 Å². The van der Waals surface area contributed by atoms with Gasteiger partial charge < -0.3 is 10.2 Å². The Kier molecular flexibility index (Phi) is 18.8. The van der Waals surface area contributed by atoms with Crippen molar-refractivity contribution in [2.45, 2.75) is 26.2 Å². The third kappa shape index (κ3) is 32.4. The SMILES string of the molecule is C=CCNCCCCC.O[PH](=S)S. The summed E-state index contributed by atoms with van der Waals surface area (Å²) in [6.45, 7) is 7.92. The Morgan fingerprint density at radius 1 is 1.62 bits per heavy atom. The highest BCUT2D eigenvalue weighted by molar-refractivity contribution is 8.54. The van der Waals surface area contributed by atoms with Crippen LogP contribution in [-0.2, 0) is 11.8 Å². The van der Waals surface area contributed by atoms with Crippen molar-refractivity contribution in [3.63, 3.8) is 0 Å². The molecule has 0 aromatic heterocycles. The first kappa shape index (κ1) is 16.1. The van der Waals surface area contributed by atoms with Crippen molar-refractivity contribution in [3.8, 4) is 0 Å². The second-order valence-corrected chi connectivity index (χ2v) is 6.39. The lowest BCUT2D eigenvalue weighted by Gasteiger charge is -1.98. The summed E-state index contributed by atoms with van der Waals surface area (Å²) in [7, 11) is 0. The molecule has 0 aliphatic carbocycles. The van der Waals surface area contributed by atoms with Crippen LogP contribution < -0.4 is 5.32 Å². The molecule has 0 radical (unpaired) electrons. The molecule has 80 valence electrons. The fourth-order valence-electron chi connectivity index (χ4n) is 0.704. The van der Waals surface area contributed by atoms with E-state index in [0.29, 0.717) is 0 Å². The number of hydrogen-bond acceptors (Lipinski definition) is 2. The van der Waals surface area contributed by atoms with Gasteiger partial charge in [0.15, 0.2) is 0 Å². The van der Waals surface area contributed by atoms with Gasteiger partial charge in [0.1, 0.15) is 6.13 Å². The standard InChI is InChI=1S/C8H17N.H3OPS2/c1-3-5-6-8-9-7-4-2;1-2(3)4/h4,9H,2-3,5-8H2,1H3;2H,(H2,1,3,4). The van der Waals surface area contributed by atoms with Crippen molar-refractivity contribution >= 4 is 30.2 Å². The Morgan fingerprint density at radius 3 is 2.54 bits per heavy atom. The minimum Gasteiger partial charge on any atom is -0.359 e. The van der Waals surface area contributed by atoms with E-state index in [1.807, 2.05) is 6.08 Å². The van der Waals surface area contributed by atoms with Crippen LogP contribution >= 0.6 is 18.4 Å². The van der Waals surface area contributed by atoms with E-state index in [0.717, 1.165) is 13.1 Å². The van der Waals surface area contributed by atoms with E-state index in [9.17, 15) is 0 Å². The highest BCUT2D eigenvalue weighted by atomic mass is 32.9. The number of rotatable bonds is 6. The van der Waals surface area contributed by atoms with Crippen LogP contribution in [-0.4, -0.2) is 18.0 Å². The summed E-state index contributed by atoms with van der Waals surface area (Å²) in [5.41, 5.74) is 0. The Balaban J connectivity index is 0. The fraction of sp³-hybridized carbons (Fsp3) is 0.750. The topological polar surface area (TPSA) is 32.3 Å². The molecule has 2 nitrogen and oxygen atoms in total. The molecule has 0 saturated carbocycles. The summed E-state index contributed by atoms with van der Waals surface area (Å²) in [5.74, 6) is 0. The molecule has 0 aromatic rings. The molecule has 13 heavy (non-hydrogen) atoms. The molecule has 0 heterocycles. The van der Waals surface area contributed by atoms with Crippen LogP contribution in [0.25, 0.3) is 0 Å². The van der Waals surface area contributed by atoms with Gasteiger partial charge in [-0.3, -0.25) is 0 Å². The quantitative estimate of drug-likeness (QED) is 0.289. The van der Waals surface area contributed by atoms with Gasteiger partial charge in [-0.05, 0) is 13.0 Å². The molecule has 1 unspecified atom stereocenters. The van der Waals surface area contributed by atoms with Gasteiger partial charge in [-0.1, -0.05) is 37.6 Å². The molecule has 1 atom stereocenters. The van der Waals surface area contributed by atoms with Crippen LogP contribution in [0.1, 0.15) is 26.2 Å². The Bertz CT molecular complexity index is 129. The minimum absolute atomic E-state index is 0.948. The highest BCUT2D eigenvalue weighted by Gasteiger charge is 1.82. The molecule has 0 fully saturated rings. The highest BCUT2D eigenvalue weighted by Crippen LogP contribution is 2.16. The van der Waals surface area contributed by atoms with Crippen LogP contribution in [0.3, 0.4) is 0 Å². The summed E-state index contributed by atoms with van der Waals surface area (Å²) < 4.78 is 0. The average molecular weight is 241 g/mol. The van der Waals surface area contributed by atoms with Gasteiger partial charge in [0.25, 0.3) is 0 Å². The second-order valence-electron chi connectivity index (χ2n) is 2.48. The summed E-state index contributed by atoms with van der Waals surface area (Å²) >= 11 is 7.58. The van der Waals surface area contributed by atoms with Crippen LogP contribution in [0.5, 0.6) is 0 Å². The van der Waals surface area contributed by atoms with E-state index in [4.69, 9.17) is 4.89 Å². The van der Waals surface area contributed by atoms with Gasteiger partial charge in [-0.15, -0.1) is 18.8 Å². The first-order chi connectivity index (χ1) is 6.15. The van der Waals surface area contributed by atoms with E-state index in [2.05, 4.69) is 42.9 Å². The number of thiol groups is 1.